The van der Waals surface area contributed by atoms with Crippen LogP contribution in [0.15, 0.2) is 99.9 Å². The molecule has 1 atom stereocenters. The van der Waals surface area contributed by atoms with Gasteiger partial charge in [-0.05, 0) is 52.7 Å². The molecule has 1 aliphatic rings. The minimum atomic E-state index is -0.337. The smallest absolute Gasteiger partial charge is 0.261 e. The van der Waals surface area contributed by atoms with Crippen molar-refractivity contribution in [1.82, 2.24) is 25.1 Å². The monoisotopic (exact) mass is 602 g/mol. The van der Waals surface area contributed by atoms with Crippen molar-refractivity contribution in [2.24, 2.45) is 5.10 Å². The summed E-state index contributed by atoms with van der Waals surface area (Å²) in [5.74, 6) is -0.120. The van der Waals surface area contributed by atoms with Crippen LogP contribution < -0.4 is 5.32 Å². The van der Waals surface area contributed by atoms with Gasteiger partial charge in [0.2, 0.25) is 0 Å². The van der Waals surface area contributed by atoms with Crippen LogP contribution in [0.1, 0.15) is 38.4 Å². The molecule has 6 rings (SSSR count). The van der Waals surface area contributed by atoms with Gasteiger partial charge in [-0.15, -0.1) is 32.9 Å². The molecule has 0 saturated carbocycles. The van der Waals surface area contributed by atoms with Gasteiger partial charge in [-0.1, -0.05) is 54.2 Å². The predicted octanol–water partition coefficient (Wildman–Crippen LogP) is 5.93. The van der Waals surface area contributed by atoms with E-state index in [1.165, 1.54) is 40.2 Å². The molecule has 2 aromatic carbocycles. The summed E-state index contributed by atoms with van der Waals surface area (Å²) in [4.78, 5) is 27.7. The maximum atomic E-state index is 13.6. The molecule has 1 unspecified atom stereocenters. The number of benzene rings is 2. The van der Waals surface area contributed by atoms with Crippen LogP contribution in [-0.2, 0) is 11.3 Å². The molecule has 4 heterocycles. The molecule has 1 aliphatic heterocycles. The van der Waals surface area contributed by atoms with Crippen molar-refractivity contribution in [2.75, 3.05) is 5.75 Å². The number of rotatable bonds is 9. The maximum Gasteiger partial charge on any atom is 0.261 e. The number of amides is 2. The number of nitrogens with one attached hydrogen (secondary N) is 1. The van der Waals surface area contributed by atoms with Crippen molar-refractivity contribution in [2.45, 2.75) is 24.2 Å². The number of thioether (sulfide) groups is 1. The highest BCUT2D eigenvalue weighted by Gasteiger charge is 2.33. The largest absolute Gasteiger partial charge is 0.344 e. The van der Waals surface area contributed by atoms with Gasteiger partial charge < -0.3 is 5.32 Å². The summed E-state index contributed by atoms with van der Waals surface area (Å²) < 4.78 is 15.5. The fourth-order valence-corrected chi connectivity index (χ4v) is 6.65. The fourth-order valence-electron chi connectivity index (χ4n) is 4.47. The minimum Gasteiger partial charge on any atom is -0.344 e. The van der Waals surface area contributed by atoms with Gasteiger partial charge in [0.1, 0.15) is 5.82 Å². The molecule has 0 bridgehead atoms. The Morgan fingerprint density at radius 2 is 1.73 bits per heavy atom. The lowest BCUT2D eigenvalue weighted by Gasteiger charge is -2.22. The molecule has 1 N–H and O–H groups in total. The van der Waals surface area contributed by atoms with Gasteiger partial charge in [0.15, 0.2) is 11.0 Å². The zero-order chi connectivity index (χ0) is 28.2. The molecule has 0 saturated heterocycles. The van der Waals surface area contributed by atoms with E-state index in [4.69, 9.17) is 5.10 Å². The van der Waals surface area contributed by atoms with E-state index >= 15 is 0 Å². The van der Waals surface area contributed by atoms with Crippen LogP contribution >= 0.6 is 34.4 Å². The van der Waals surface area contributed by atoms with E-state index in [0.29, 0.717) is 22.3 Å². The molecule has 206 valence electrons. The predicted molar refractivity (Wildman–Crippen MR) is 159 cm³/mol. The van der Waals surface area contributed by atoms with E-state index in [9.17, 15) is 14.0 Å². The number of carbonyl (C=O) groups excluding carboxylic acids is 2. The maximum absolute atomic E-state index is 13.6. The number of thiophene rings is 2. The highest BCUT2D eigenvalue weighted by atomic mass is 32.2. The van der Waals surface area contributed by atoms with Gasteiger partial charge in [-0.3, -0.25) is 14.2 Å². The zero-order valence-corrected chi connectivity index (χ0v) is 24.0. The highest BCUT2D eigenvalue weighted by molar-refractivity contribution is 7.99. The van der Waals surface area contributed by atoms with Gasteiger partial charge in [-0.25, -0.2) is 9.40 Å². The van der Waals surface area contributed by atoms with Crippen molar-refractivity contribution in [3.05, 3.63) is 117 Å². The van der Waals surface area contributed by atoms with E-state index in [2.05, 4.69) is 15.5 Å². The van der Waals surface area contributed by atoms with Gasteiger partial charge in [0.05, 0.1) is 33.8 Å². The molecule has 0 radical (unpaired) electrons. The first-order valence-electron chi connectivity index (χ1n) is 12.7. The molecular formula is C29H23FN6O2S3. The van der Waals surface area contributed by atoms with E-state index in [-0.39, 0.29) is 36.0 Å². The number of hydrogen-bond donors (Lipinski definition) is 1. The molecule has 3 aromatic heterocycles. The van der Waals surface area contributed by atoms with Gasteiger partial charge >= 0.3 is 0 Å². The van der Waals surface area contributed by atoms with E-state index in [1.807, 2.05) is 63.9 Å². The van der Waals surface area contributed by atoms with Crippen molar-refractivity contribution in [3.8, 4) is 5.69 Å². The second-order valence-electron chi connectivity index (χ2n) is 9.05. The number of carbonyl (C=O) groups is 2. The van der Waals surface area contributed by atoms with Crippen LogP contribution in [0, 0.1) is 5.82 Å². The van der Waals surface area contributed by atoms with E-state index in [1.54, 1.807) is 29.5 Å². The Morgan fingerprint density at radius 3 is 2.46 bits per heavy atom. The lowest BCUT2D eigenvalue weighted by molar-refractivity contribution is -0.130. The Hall–Kier alpha value is -4.13. The molecule has 0 fully saturated rings. The zero-order valence-electron chi connectivity index (χ0n) is 21.5. The quantitative estimate of drug-likeness (QED) is 0.211. The highest BCUT2D eigenvalue weighted by Crippen LogP contribution is 2.35. The van der Waals surface area contributed by atoms with Gasteiger partial charge in [-0.2, -0.15) is 5.10 Å². The Bertz CT molecular complexity index is 1670. The third-order valence-electron chi connectivity index (χ3n) is 6.42. The van der Waals surface area contributed by atoms with E-state index < -0.39 is 0 Å². The second-order valence-corrected chi connectivity index (χ2v) is 11.9. The number of hydrogen-bond acceptors (Lipinski definition) is 8. The van der Waals surface area contributed by atoms with Crippen molar-refractivity contribution in [1.29, 1.82) is 0 Å². The normalized spacial score (nSPS) is 14.7. The summed E-state index contributed by atoms with van der Waals surface area (Å²) >= 11 is 4.18. The average Bonchev–Trinajstić information content (AvgIpc) is 3.82. The number of para-hydroxylation sites is 1. The fraction of sp³-hybridized carbons (Fsp3) is 0.138. The number of aromatic nitrogens is 3. The van der Waals surface area contributed by atoms with Crippen LogP contribution in [0.5, 0.6) is 0 Å². The van der Waals surface area contributed by atoms with Crippen molar-refractivity contribution in [3.63, 3.8) is 0 Å². The van der Waals surface area contributed by atoms with Crippen molar-refractivity contribution < 1.29 is 14.0 Å². The van der Waals surface area contributed by atoms with Crippen LogP contribution in [0.4, 0.5) is 4.39 Å². The lowest BCUT2D eigenvalue weighted by Crippen LogP contribution is -2.28. The first-order valence-corrected chi connectivity index (χ1v) is 15.4. The standard InChI is InChI=1S/C29H23FN6O2S3/c30-20-12-10-19(11-13-20)23-16-22(24-8-4-14-39-24)34-36(23)27(37)18-41-29-33-32-26(35(29)21-6-2-1-3-7-21)17-31-28(38)25-9-5-15-40-25/h1-15,23H,16-18H2,(H,31,38). The summed E-state index contributed by atoms with van der Waals surface area (Å²) in [6.07, 6.45) is 0.539. The molecule has 0 spiro atoms. The van der Waals surface area contributed by atoms with Crippen molar-refractivity contribution >= 4 is 52.0 Å². The Balaban J connectivity index is 1.23. The summed E-state index contributed by atoms with van der Waals surface area (Å²) in [5.41, 5.74) is 2.45. The molecule has 0 aliphatic carbocycles. The van der Waals surface area contributed by atoms with Crippen LogP contribution in [-0.4, -0.2) is 43.1 Å². The third-order valence-corrected chi connectivity index (χ3v) is 9.12. The molecular weight excluding hydrogens is 580 g/mol. The summed E-state index contributed by atoms with van der Waals surface area (Å²) in [6, 6.07) is 22.9. The molecule has 41 heavy (non-hydrogen) atoms. The first-order chi connectivity index (χ1) is 20.1. The van der Waals surface area contributed by atoms with Crippen LogP contribution in [0.2, 0.25) is 0 Å². The first kappa shape index (κ1) is 27.1. The number of nitrogens with zero attached hydrogens (tertiary/aromatic N) is 5. The topological polar surface area (TPSA) is 92.5 Å². The molecule has 12 heteroatoms. The molecule has 5 aromatic rings. The Kier molecular flexibility index (Phi) is 8.03. The van der Waals surface area contributed by atoms with E-state index in [0.717, 1.165) is 21.8 Å². The summed E-state index contributed by atoms with van der Waals surface area (Å²) in [6.45, 7) is 0.167. The van der Waals surface area contributed by atoms with Crippen LogP contribution in [0.25, 0.3) is 5.69 Å². The molecule has 8 nitrogen and oxygen atoms in total. The third kappa shape index (κ3) is 5.99. The summed E-state index contributed by atoms with van der Waals surface area (Å²) in [5, 5.41) is 22.1. The van der Waals surface area contributed by atoms with Gasteiger partial charge in [0.25, 0.3) is 11.8 Å². The number of hydrazone groups is 1. The Labute approximate surface area is 247 Å². The van der Waals surface area contributed by atoms with Gasteiger partial charge in [0, 0.05) is 12.1 Å². The Morgan fingerprint density at radius 1 is 0.951 bits per heavy atom. The van der Waals surface area contributed by atoms with Crippen LogP contribution in [0.3, 0.4) is 0 Å². The lowest BCUT2D eigenvalue weighted by atomic mass is 10.0. The minimum absolute atomic E-state index is 0.0609. The second kappa shape index (κ2) is 12.2. The number of halogens is 1. The SMILES string of the molecule is O=C(NCc1nnc(SCC(=O)N2N=C(c3cccs3)CC2c2ccc(F)cc2)n1-c1ccccc1)c1cccs1. The molecule has 2 amide bonds. The average molecular weight is 603 g/mol. The summed E-state index contributed by atoms with van der Waals surface area (Å²) in [7, 11) is 0.